The van der Waals surface area contributed by atoms with Crippen LogP contribution in [-0.2, 0) is 4.74 Å². The van der Waals surface area contributed by atoms with Crippen LogP contribution < -0.4 is 15.5 Å². The van der Waals surface area contributed by atoms with Crippen LogP contribution in [0.4, 0.5) is 11.6 Å². The predicted molar refractivity (Wildman–Crippen MR) is 87.3 cm³/mol. The molecule has 3 heterocycles. The molecule has 6 nitrogen and oxygen atoms in total. The van der Waals surface area contributed by atoms with Gasteiger partial charge >= 0.3 is 0 Å². The Morgan fingerprint density at radius 2 is 2.29 bits per heavy atom. The van der Waals surface area contributed by atoms with E-state index in [1.807, 2.05) is 17.8 Å². The average Bonchev–Trinajstić information content (AvgIpc) is 2.83. The van der Waals surface area contributed by atoms with E-state index in [1.54, 1.807) is 6.33 Å². The second-order valence-electron chi connectivity index (χ2n) is 5.29. The van der Waals surface area contributed by atoms with Crippen molar-refractivity contribution in [3.63, 3.8) is 0 Å². The van der Waals surface area contributed by atoms with Crippen LogP contribution in [0, 0.1) is 0 Å². The summed E-state index contributed by atoms with van der Waals surface area (Å²) in [6.07, 6.45) is 2.93. The lowest BCUT2D eigenvalue weighted by atomic mass is 10.3. The van der Waals surface area contributed by atoms with Gasteiger partial charge in [0, 0.05) is 50.4 Å². The normalized spacial score (nSPS) is 23.6. The van der Waals surface area contributed by atoms with Crippen LogP contribution in [0.1, 0.15) is 6.42 Å². The lowest BCUT2D eigenvalue weighted by molar-refractivity contribution is 0.0761. The van der Waals surface area contributed by atoms with Crippen LogP contribution in [-0.4, -0.2) is 66.9 Å². The van der Waals surface area contributed by atoms with Gasteiger partial charge in [-0.15, -0.1) is 0 Å². The first-order valence-electron chi connectivity index (χ1n) is 7.63. The molecule has 0 amide bonds. The lowest BCUT2D eigenvalue weighted by Gasteiger charge is -2.27. The molecular formula is C14H23N5OS. The van der Waals surface area contributed by atoms with Gasteiger partial charge in [-0.3, -0.25) is 0 Å². The van der Waals surface area contributed by atoms with Crippen LogP contribution in [0.2, 0.25) is 0 Å². The Kier molecular flexibility index (Phi) is 5.53. The van der Waals surface area contributed by atoms with Crippen molar-refractivity contribution >= 4 is 23.4 Å². The molecule has 2 aliphatic heterocycles. The van der Waals surface area contributed by atoms with Gasteiger partial charge in [-0.1, -0.05) is 0 Å². The zero-order chi connectivity index (χ0) is 14.3. The van der Waals surface area contributed by atoms with Gasteiger partial charge in [0.25, 0.3) is 0 Å². The molecule has 21 heavy (non-hydrogen) atoms. The minimum absolute atomic E-state index is 0.206. The zero-order valence-electron chi connectivity index (χ0n) is 12.3. The van der Waals surface area contributed by atoms with Gasteiger partial charge in [0.15, 0.2) is 0 Å². The number of nitrogens with one attached hydrogen (secondary N) is 2. The Bertz CT molecular complexity index is 433. The molecule has 1 aromatic heterocycles. The highest BCUT2D eigenvalue weighted by Crippen LogP contribution is 2.18. The lowest BCUT2D eigenvalue weighted by Crippen LogP contribution is -2.33. The molecule has 3 rings (SSSR count). The fraction of sp³-hybridized carbons (Fsp3) is 0.714. The molecule has 116 valence electrons. The third-order valence-corrected chi connectivity index (χ3v) is 4.66. The third kappa shape index (κ3) is 4.46. The first kappa shape index (κ1) is 14.9. The summed E-state index contributed by atoms with van der Waals surface area (Å²) in [5, 5.41) is 6.76. The summed E-state index contributed by atoms with van der Waals surface area (Å²) >= 11 is 2.00. The van der Waals surface area contributed by atoms with Gasteiger partial charge in [0.05, 0.1) is 6.10 Å². The molecule has 2 saturated heterocycles. The topological polar surface area (TPSA) is 62.3 Å². The monoisotopic (exact) mass is 309 g/mol. The minimum Gasteiger partial charge on any atom is -0.375 e. The summed E-state index contributed by atoms with van der Waals surface area (Å²) in [4.78, 5) is 11.0. The number of hydrogen-bond donors (Lipinski definition) is 2. The van der Waals surface area contributed by atoms with Crippen molar-refractivity contribution in [1.82, 2.24) is 15.3 Å². The van der Waals surface area contributed by atoms with Crippen LogP contribution in [0.3, 0.4) is 0 Å². The smallest absolute Gasteiger partial charge is 0.134 e. The van der Waals surface area contributed by atoms with Crippen molar-refractivity contribution < 1.29 is 4.74 Å². The molecule has 0 spiro atoms. The molecule has 0 aliphatic carbocycles. The first-order chi connectivity index (χ1) is 10.4. The standard InChI is InChI=1S/C14H23N5OS/c1-2-15-9-12(20-5-1)10-16-13-8-14(18-11-17-13)19-3-6-21-7-4-19/h8,11-12,15H,1-7,9-10H2,(H,16,17,18). The number of aromatic nitrogens is 2. The molecule has 1 aromatic rings. The molecule has 0 radical (unpaired) electrons. The Balaban J connectivity index is 1.55. The number of thioether (sulfide) groups is 1. The quantitative estimate of drug-likeness (QED) is 0.854. The molecule has 0 aromatic carbocycles. The van der Waals surface area contributed by atoms with E-state index in [0.29, 0.717) is 0 Å². The molecule has 2 fully saturated rings. The van der Waals surface area contributed by atoms with E-state index in [2.05, 4.69) is 25.5 Å². The number of anilines is 2. The minimum atomic E-state index is 0.206. The number of nitrogens with zero attached hydrogens (tertiary/aromatic N) is 3. The Morgan fingerprint density at radius 1 is 1.38 bits per heavy atom. The van der Waals surface area contributed by atoms with Gasteiger partial charge in [0.2, 0.25) is 0 Å². The number of ether oxygens (including phenoxy) is 1. The highest BCUT2D eigenvalue weighted by atomic mass is 32.2. The summed E-state index contributed by atoms with van der Waals surface area (Å²) in [5.74, 6) is 4.25. The van der Waals surface area contributed by atoms with Crippen molar-refractivity contribution in [1.29, 1.82) is 0 Å². The molecule has 2 aliphatic rings. The van der Waals surface area contributed by atoms with Crippen LogP contribution in [0.15, 0.2) is 12.4 Å². The zero-order valence-corrected chi connectivity index (χ0v) is 13.1. The second kappa shape index (κ2) is 7.82. The van der Waals surface area contributed by atoms with Crippen molar-refractivity contribution in [2.75, 3.05) is 61.1 Å². The fourth-order valence-electron chi connectivity index (χ4n) is 2.53. The summed E-state index contributed by atoms with van der Waals surface area (Å²) in [6, 6.07) is 2.04. The highest BCUT2D eigenvalue weighted by molar-refractivity contribution is 7.99. The molecule has 7 heteroatoms. The van der Waals surface area contributed by atoms with E-state index in [9.17, 15) is 0 Å². The maximum atomic E-state index is 5.79. The highest BCUT2D eigenvalue weighted by Gasteiger charge is 2.14. The van der Waals surface area contributed by atoms with Crippen molar-refractivity contribution in [2.24, 2.45) is 0 Å². The first-order valence-corrected chi connectivity index (χ1v) is 8.78. The Hall–Kier alpha value is -1.05. The molecule has 2 N–H and O–H groups in total. The molecular weight excluding hydrogens is 286 g/mol. The van der Waals surface area contributed by atoms with Gasteiger partial charge in [-0.05, 0) is 13.0 Å². The van der Waals surface area contributed by atoms with Gasteiger partial charge in [0.1, 0.15) is 18.0 Å². The summed E-state index contributed by atoms with van der Waals surface area (Å²) in [5.41, 5.74) is 0. The summed E-state index contributed by atoms with van der Waals surface area (Å²) < 4.78 is 5.79. The second-order valence-corrected chi connectivity index (χ2v) is 6.52. The van der Waals surface area contributed by atoms with Gasteiger partial charge in [-0.2, -0.15) is 11.8 Å². The largest absolute Gasteiger partial charge is 0.375 e. The van der Waals surface area contributed by atoms with Crippen LogP contribution >= 0.6 is 11.8 Å². The number of hydrogen-bond acceptors (Lipinski definition) is 7. The van der Waals surface area contributed by atoms with Crippen molar-refractivity contribution in [3.8, 4) is 0 Å². The van der Waals surface area contributed by atoms with E-state index in [-0.39, 0.29) is 6.10 Å². The average molecular weight is 309 g/mol. The predicted octanol–water partition coefficient (Wildman–Crippen LogP) is 0.820. The molecule has 0 saturated carbocycles. The van der Waals surface area contributed by atoms with Crippen molar-refractivity contribution in [3.05, 3.63) is 12.4 Å². The molecule has 1 atom stereocenters. The van der Waals surface area contributed by atoms with E-state index in [0.717, 1.165) is 57.4 Å². The molecule has 1 unspecified atom stereocenters. The maximum Gasteiger partial charge on any atom is 0.134 e. The van der Waals surface area contributed by atoms with E-state index < -0.39 is 0 Å². The Labute approximate surface area is 130 Å². The van der Waals surface area contributed by atoms with Crippen molar-refractivity contribution in [2.45, 2.75) is 12.5 Å². The van der Waals surface area contributed by atoms with E-state index >= 15 is 0 Å². The van der Waals surface area contributed by atoms with E-state index in [1.165, 1.54) is 11.5 Å². The maximum absolute atomic E-state index is 5.79. The molecule has 0 bridgehead atoms. The van der Waals surface area contributed by atoms with Crippen LogP contribution in [0.25, 0.3) is 0 Å². The van der Waals surface area contributed by atoms with Crippen LogP contribution in [0.5, 0.6) is 0 Å². The third-order valence-electron chi connectivity index (χ3n) is 3.72. The SMILES string of the molecule is c1nc(NCC2CNCCCO2)cc(N2CCSCC2)n1. The summed E-state index contributed by atoms with van der Waals surface area (Å²) in [6.45, 7) is 5.68. The van der Waals surface area contributed by atoms with Gasteiger partial charge < -0.3 is 20.3 Å². The summed E-state index contributed by atoms with van der Waals surface area (Å²) in [7, 11) is 0. The van der Waals surface area contributed by atoms with E-state index in [4.69, 9.17) is 4.74 Å². The number of rotatable bonds is 4. The fourth-order valence-corrected chi connectivity index (χ4v) is 3.43. The Morgan fingerprint density at radius 3 is 3.19 bits per heavy atom. The van der Waals surface area contributed by atoms with Gasteiger partial charge in [-0.25, -0.2) is 9.97 Å².